The Morgan fingerprint density at radius 1 is 0.306 bits per heavy atom. The molecule has 2 nitrogen and oxygen atoms in total. The number of fused-ring (bicyclic) bond motifs is 8. The molecule has 2 heterocycles. The summed E-state index contributed by atoms with van der Waals surface area (Å²) >= 11 is 0. The summed E-state index contributed by atoms with van der Waals surface area (Å²) in [6.07, 6.45) is 0. The number of para-hydroxylation sites is 1. The highest BCUT2D eigenvalue weighted by molar-refractivity contribution is 6.11. The van der Waals surface area contributed by atoms with E-state index >= 15 is 0 Å². The lowest BCUT2D eigenvalue weighted by atomic mass is 9.72. The van der Waals surface area contributed by atoms with Crippen LogP contribution in [-0.4, -0.2) is 4.57 Å². The zero-order valence-corrected chi connectivity index (χ0v) is 35.5. The van der Waals surface area contributed by atoms with Crippen molar-refractivity contribution in [3.8, 4) is 50.2 Å². The molecule has 0 radical (unpaired) electrons. The van der Waals surface area contributed by atoms with Crippen molar-refractivity contribution in [3.05, 3.63) is 229 Å². The molecule has 12 rings (SSSR count). The van der Waals surface area contributed by atoms with Crippen molar-refractivity contribution in [2.45, 2.75) is 38.5 Å². The Labute approximate surface area is 364 Å². The van der Waals surface area contributed by atoms with Gasteiger partial charge in [0.1, 0.15) is 0 Å². The third-order valence-electron chi connectivity index (χ3n) is 14.0. The van der Waals surface area contributed by atoms with Crippen LogP contribution in [-0.2, 0) is 10.8 Å². The third kappa shape index (κ3) is 5.43. The summed E-state index contributed by atoms with van der Waals surface area (Å²) in [6.45, 7) is 9.52. The van der Waals surface area contributed by atoms with Gasteiger partial charge in [0, 0.05) is 33.0 Å². The van der Waals surface area contributed by atoms with Gasteiger partial charge in [-0.05, 0) is 133 Å². The van der Waals surface area contributed by atoms with Crippen molar-refractivity contribution in [1.82, 2.24) is 4.57 Å². The fourth-order valence-electron chi connectivity index (χ4n) is 10.7. The van der Waals surface area contributed by atoms with Crippen LogP contribution in [0.2, 0.25) is 0 Å². The molecule has 1 aliphatic heterocycles. The zero-order valence-electron chi connectivity index (χ0n) is 35.5. The van der Waals surface area contributed by atoms with Crippen LogP contribution in [0.3, 0.4) is 0 Å². The van der Waals surface area contributed by atoms with Gasteiger partial charge in [0.15, 0.2) is 0 Å². The highest BCUT2D eigenvalue weighted by Crippen LogP contribution is 2.57. The molecular formula is C60H46N2. The van der Waals surface area contributed by atoms with Gasteiger partial charge in [-0.2, -0.15) is 0 Å². The minimum Gasteiger partial charge on any atom is -0.310 e. The second kappa shape index (κ2) is 13.5. The predicted octanol–water partition coefficient (Wildman–Crippen LogP) is 16.2. The molecule has 0 N–H and O–H groups in total. The van der Waals surface area contributed by atoms with E-state index in [4.69, 9.17) is 0 Å². The van der Waals surface area contributed by atoms with Gasteiger partial charge in [-0.3, -0.25) is 0 Å². The molecule has 0 atom stereocenters. The highest BCUT2D eigenvalue weighted by atomic mass is 15.2. The molecular weight excluding hydrogens is 749 g/mol. The van der Waals surface area contributed by atoms with Crippen LogP contribution in [0.5, 0.6) is 0 Å². The number of benzene rings is 9. The maximum Gasteiger partial charge on any atom is 0.0541 e. The van der Waals surface area contributed by atoms with E-state index < -0.39 is 0 Å². The van der Waals surface area contributed by atoms with E-state index in [2.05, 4.69) is 243 Å². The van der Waals surface area contributed by atoms with Gasteiger partial charge in [-0.15, -0.1) is 0 Å². The van der Waals surface area contributed by atoms with Gasteiger partial charge in [0.05, 0.1) is 22.4 Å². The molecule has 0 saturated heterocycles. The summed E-state index contributed by atoms with van der Waals surface area (Å²) in [5, 5.41) is 2.50. The largest absolute Gasteiger partial charge is 0.310 e. The van der Waals surface area contributed by atoms with Gasteiger partial charge < -0.3 is 9.47 Å². The van der Waals surface area contributed by atoms with E-state index in [-0.39, 0.29) is 10.8 Å². The second-order valence-electron chi connectivity index (χ2n) is 18.2. The first-order chi connectivity index (χ1) is 30.3. The molecule has 0 saturated carbocycles. The monoisotopic (exact) mass is 794 g/mol. The molecule has 10 aromatic rings. The lowest BCUT2D eigenvalue weighted by molar-refractivity contribution is 0.627. The van der Waals surface area contributed by atoms with Crippen LogP contribution < -0.4 is 4.90 Å². The summed E-state index contributed by atoms with van der Waals surface area (Å²) in [4.78, 5) is 2.50. The predicted molar refractivity (Wildman–Crippen MR) is 261 cm³/mol. The Balaban J connectivity index is 0.931. The van der Waals surface area contributed by atoms with Gasteiger partial charge in [0.25, 0.3) is 0 Å². The maximum atomic E-state index is 2.50. The minimum absolute atomic E-state index is 0.0841. The first kappa shape index (κ1) is 36.4. The molecule has 2 heteroatoms. The Kier molecular flexibility index (Phi) is 7.96. The van der Waals surface area contributed by atoms with Crippen molar-refractivity contribution in [2.75, 3.05) is 4.90 Å². The molecule has 9 aromatic carbocycles. The molecule has 296 valence electrons. The molecule has 0 bridgehead atoms. The summed E-state index contributed by atoms with van der Waals surface area (Å²) in [5.41, 5.74) is 22.5. The zero-order chi connectivity index (χ0) is 41.7. The second-order valence-corrected chi connectivity index (χ2v) is 18.2. The molecule has 1 aromatic heterocycles. The topological polar surface area (TPSA) is 8.17 Å². The minimum atomic E-state index is -0.161. The van der Waals surface area contributed by atoms with Crippen LogP contribution in [0.1, 0.15) is 49.9 Å². The SMILES string of the molecule is CC1(C)c2ccccc2-c2cc3c(cc21)N(c1ccc(-c2ccc(-n4c5ccc(-c6ccccc6)cc5c5cc(-c6ccccc6)ccc54)cc2)cc1)c1ccccc1C3(C)C. The van der Waals surface area contributed by atoms with Crippen molar-refractivity contribution in [1.29, 1.82) is 0 Å². The molecule has 2 aliphatic rings. The molecule has 0 unspecified atom stereocenters. The Morgan fingerprint density at radius 2 is 0.774 bits per heavy atom. The van der Waals surface area contributed by atoms with Gasteiger partial charge in [-0.1, -0.05) is 167 Å². The van der Waals surface area contributed by atoms with Gasteiger partial charge in [0.2, 0.25) is 0 Å². The Morgan fingerprint density at radius 3 is 1.37 bits per heavy atom. The van der Waals surface area contributed by atoms with Crippen molar-refractivity contribution >= 4 is 38.9 Å². The van der Waals surface area contributed by atoms with Crippen LogP contribution in [0.25, 0.3) is 72.0 Å². The Bertz CT molecular complexity index is 3270. The van der Waals surface area contributed by atoms with Crippen molar-refractivity contribution in [3.63, 3.8) is 0 Å². The van der Waals surface area contributed by atoms with E-state index in [0.717, 1.165) is 11.4 Å². The highest BCUT2D eigenvalue weighted by Gasteiger charge is 2.42. The first-order valence-corrected chi connectivity index (χ1v) is 21.8. The number of hydrogen-bond acceptors (Lipinski definition) is 1. The maximum absolute atomic E-state index is 2.50. The summed E-state index contributed by atoms with van der Waals surface area (Å²) < 4.78 is 2.42. The molecule has 1 aliphatic carbocycles. The number of anilines is 3. The summed E-state index contributed by atoms with van der Waals surface area (Å²) in [5.74, 6) is 0. The number of rotatable bonds is 5. The van der Waals surface area contributed by atoms with Crippen LogP contribution in [0, 0.1) is 0 Å². The lowest BCUT2D eigenvalue weighted by Gasteiger charge is -2.43. The smallest absolute Gasteiger partial charge is 0.0541 e. The molecule has 0 amide bonds. The third-order valence-corrected chi connectivity index (χ3v) is 14.0. The lowest BCUT2D eigenvalue weighted by Crippen LogP contribution is -2.31. The standard InChI is InChI=1S/C60H46N2/c1-59(2)51-20-12-11-19-47(51)48-37-54-58(38-53(48)59)62(57-22-14-13-21-52(57)60(54,3)4)46-31-25-42(26-32-46)41-23-29-45(30-24-41)61-55-33-27-43(39-15-7-5-8-16-39)35-49(55)50-36-44(28-34-56(50)61)40-17-9-6-10-18-40/h5-38H,1-4H3. The molecule has 0 fully saturated rings. The van der Waals surface area contributed by atoms with Gasteiger partial charge in [-0.25, -0.2) is 0 Å². The normalized spacial score (nSPS) is 14.4. The first-order valence-electron chi connectivity index (χ1n) is 21.8. The summed E-state index contributed by atoms with van der Waals surface area (Å²) in [7, 11) is 0. The number of hydrogen-bond donors (Lipinski definition) is 0. The average molecular weight is 795 g/mol. The number of nitrogens with zero attached hydrogens (tertiary/aromatic N) is 2. The van der Waals surface area contributed by atoms with Crippen molar-refractivity contribution in [2.24, 2.45) is 0 Å². The molecule has 62 heavy (non-hydrogen) atoms. The van der Waals surface area contributed by atoms with E-state index in [9.17, 15) is 0 Å². The van der Waals surface area contributed by atoms with Gasteiger partial charge >= 0.3 is 0 Å². The summed E-state index contributed by atoms with van der Waals surface area (Å²) in [6, 6.07) is 76.4. The fourth-order valence-corrected chi connectivity index (χ4v) is 10.7. The number of aromatic nitrogens is 1. The van der Waals surface area contributed by atoms with E-state index in [1.54, 1.807) is 0 Å². The van der Waals surface area contributed by atoms with Crippen LogP contribution >= 0.6 is 0 Å². The Hall–Kier alpha value is -7.42. The molecule has 0 spiro atoms. The average Bonchev–Trinajstić information content (AvgIpc) is 3.76. The fraction of sp³-hybridized carbons (Fsp3) is 0.100. The van der Waals surface area contributed by atoms with E-state index in [0.29, 0.717) is 0 Å². The van der Waals surface area contributed by atoms with Crippen molar-refractivity contribution < 1.29 is 0 Å². The van der Waals surface area contributed by atoms with Crippen LogP contribution in [0.15, 0.2) is 206 Å². The van der Waals surface area contributed by atoms with Crippen LogP contribution in [0.4, 0.5) is 17.1 Å². The quantitative estimate of drug-likeness (QED) is 0.168. The van der Waals surface area contributed by atoms with E-state index in [1.165, 1.54) is 99.9 Å². The van der Waals surface area contributed by atoms with E-state index in [1.807, 2.05) is 0 Å².